The van der Waals surface area contributed by atoms with Crippen LogP contribution in [0.4, 0.5) is 0 Å². The Labute approximate surface area is 26.3 Å². The molecule has 0 aromatic rings. The van der Waals surface area contributed by atoms with Gasteiger partial charge in [-0.1, -0.05) is 10.2 Å². The summed E-state index contributed by atoms with van der Waals surface area (Å²) in [4.78, 5) is 21.9. The van der Waals surface area contributed by atoms with Crippen LogP contribution in [0, 0.1) is 19.6 Å². The molecule has 0 bridgehead atoms. The van der Waals surface area contributed by atoms with E-state index >= 15 is 0 Å². The molecule has 0 aromatic carbocycles. The zero-order valence-corrected chi connectivity index (χ0v) is 2.04. The van der Waals surface area contributed by atoms with Crippen LogP contribution in [0.3, 0.4) is 0 Å². The molecule has 5 heavy (non-hydrogen) atoms. The van der Waals surface area contributed by atoms with E-state index in [4.69, 9.17) is 20.2 Å². The Balaban J connectivity index is 0. The zero-order chi connectivity index (χ0) is 4.71. The van der Waals surface area contributed by atoms with Gasteiger partial charge in [0.25, 0.3) is 0 Å². The van der Waals surface area contributed by atoms with Crippen molar-refractivity contribution in [3.63, 3.8) is 0 Å². The van der Waals surface area contributed by atoms with Gasteiger partial charge in [-0.2, -0.15) is 0 Å². The summed E-state index contributed by atoms with van der Waals surface area (Å²) in [5, 5.41) is 7.88. The largest absolute Gasteiger partial charge is 0.154 e. The fraction of sp³-hybridized carbons (Fsp3) is 0. The van der Waals surface area contributed by atoms with Gasteiger partial charge in [-0.25, -0.2) is 0 Å². The monoisotopic (exact) mass is 80.0 g/mol. The maximum atomic E-state index is 7.88. The molecule has 0 rings (SSSR count). The summed E-state index contributed by atoms with van der Waals surface area (Å²) >= 11 is 0. The lowest BCUT2D eigenvalue weighted by Crippen LogP contribution is -1.82. The van der Waals surface area contributed by atoms with E-state index in [-0.39, 0.29) is 0 Å². The Morgan fingerprint density at radius 2 is 1.40 bits per heavy atom. The van der Waals surface area contributed by atoms with Crippen LogP contribution in [0.25, 0.3) is 0 Å². The van der Waals surface area contributed by atoms with Crippen molar-refractivity contribution in [1.29, 1.82) is 0 Å². The summed E-state index contributed by atoms with van der Waals surface area (Å²) in [6.07, 6.45) is 0. The normalized spacial score (nSPS) is 3.20. The van der Waals surface area contributed by atoms with Crippen LogP contribution in [0.1, 0.15) is 0 Å². The third-order valence-electron chi connectivity index (χ3n) is 0. The molecule has 0 aliphatic rings. The van der Waals surface area contributed by atoms with Gasteiger partial charge >= 0.3 is 0 Å². The van der Waals surface area contributed by atoms with Crippen molar-refractivity contribution in [3.8, 4) is 0 Å². The Bertz CT molecular complexity index is 14.0. The Morgan fingerprint density at radius 3 is 1.40 bits per heavy atom. The minimum absolute atomic E-state index is 1.75. The molecular weight excluding hydrogens is 80.0 g/mol. The molecule has 0 heterocycles. The van der Waals surface area contributed by atoms with Gasteiger partial charge in [0, 0.05) is 9.93 Å². The zero-order valence-electron chi connectivity index (χ0n) is 2.04. The maximum Gasteiger partial charge on any atom is 0.154 e. The van der Waals surface area contributed by atoms with Crippen LogP contribution in [-0.2, 0) is 0 Å². The van der Waals surface area contributed by atoms with Crippen molar-refractivity contribution < 1.29 is 5.26 Å². The molecule has 5 heteroatoms. The molecule has 0 radical (unpaired) electrons. The smallest absolute Gasteiger partial charge is 0.0772 e. The maximum absolute atomic E-state index is 7.88. The quantitative estimate of drug-likeness (QED) is 0.211. The average Bonchev–Trinajstić information content (AvgIpc) is 1.46. The van der Waals surface area contributed by atoms with Crippen molar-refractivity contribution in [2.24, 2.45) is 0 Å². The van der Waals surface area contributed by atoms with Crippen molar-refractivity contribution >= 4 is 0 Å². The second-order valence-electron chi connectivity index (χ2n) is 0.0680. The van der Waals surface area contributed by atoms with E-state index in [0.717, 1.165) is 0 Å². The Hall–Kier alpha value is -1.00. The lowest BCUT2D eigenvalue weighted by Gasteiger charge is -1.19. The third kappa shape index (κ3) is 3.00. The highest BCUT2D eigenvalue weighted by atomic mass is 17.2. The van der Waals surface area contributed by atoms with Crippen LogP contribution in [0.5, 0.6) is 0 Å². The van der Waals surface area contributed by atoms with E-state index in [2.05, 4.69) is 0 Å². The first kappa shape index (κ1) is 9.00. The average molecular weight is 80.0 g/mol. The molecule has 30 valence electrons. The molecular formula is O5. The van der Waals surface area contributed by atoms with Gasteiger partial charge in [0.15, 0.2) is 4.75 Å². The molecule has 0 amide bonds. The molecule has 0 saturated heterocycles. The molecule has 0 saturated carbocycles. The van der Waals surface area contributed by atoms with Crippen LogP contribution in [0.15, 0.2) is 0 Å². The highest BCUT2D eigenvalue weighted by molar-refractivity contribution is 4.20. The predicted octanol–water partition coefficient (Wildman–Crippen LogP) is -1.06. The molecule has 0 atom stereocenters. The van der Waals surface area contributed by atoms with Crippen LogP contribution < -0.4 is 5.26 Å². The number of hydrogen-bond acceptors (Lipinski definition) is 4. The van der Waals surface area contributed by atoms with Gasteiger partial charge in [0.1, 0.15) is 0 Å². The fourth-order valence-corrected chi connectivity index (χ4v) is 0. The summed E-state index contributed by atoms with van der Waals surface area (Å²) < 4.78 is 1.75. The third-order valence-corrected chi connectivity index (χ3v) is 0. The molecule has 0 aromatic heterocycles. The highest BCUT2D eigenvalue weighted by Crippen LogP contribution is 1.00. The summed E-state index contributed by atoms with van der Waals surface area (Å²) in [6.45, 7) is 0. The standard InChI is InChI=1S/O3.O2/c1-3-2;1-2. The first-order valence-corrected chi connectivity index (χ1v) is 0.500. The van der Waals surface area contributed by atoms with Crippen molar-refractivity contribution in [2.45, 2.75) is 0 Å². The Morgan fingerprint density at radius 1 is 1.40 bits per heavy atom. The minimum Gasteiger partial charge on any atom is -0.0772 e. The van der Waals surface area contributed by atoms with Gasteiger partial charge in [0.05, 0.1) is 0 Å². The molecule has 0 aliphatic carbocycles. The second kappa shape index (κ2) is 0. The van der Waals surface area contributed by atoms with Crippen molar-refractivity contribution in [2.75, 3.05) is 0 Å². The molecule has 0 unspecified atom stereocenters. The summed E-state index contributed by atoms with van der Waals surface area (Å²) in [5.41, 5.74) is 0. The highest BCUT2D eigenvalue weighted by Gasteiger charge is 1.27. The van der Waals surface area contributed by atoms with Crippen molar-refractivity contribution in [3.05, 3.63) is 19.6 Å². The molecule has 0 spiro atoms. The topological polar surface area (TPSA) is 85.6 Å². The molecule has 0 N–H and O–H groups in total. The van der Waals surface area contributed by atoms with Gasteiger partial charge in [-0.05, 0) is 0 Å². The minimum atomic E-state index is 1.75. The van der Waals surface area contributed by atoms with E-state index < -0.39 is 0 Å². The lowest BCUT2D eigenvalue weighted by molar-refractivity contribution is -0.284. The first-order valence-electron chi connectivity index (χ1n) is 0.500. The molecule has 5 nitrogen and oxygen atoms in total. The number of hydrogen-bond donors (Lipinski definition) is 0. The van der Waals surface area contributed by atoms with Gasteiger partial charge in [-0.3, -0.25) is 0 Å². The van der Waals surface area contributed by atoms with E-state index in [9.17, 15) is 0 Å². The SMILES string of the molecule is O=O.O=[O+][O-]. The van der Waals surface area contributed by atoms with E-state index in [0.29, 0.717) is 0 Å². The predicted molar refractivity (Wildman–Crippen MR) is 13.5 cm³/mol. The second-order valence-corrected chi connectivity index (χ2v) is 0.0680. The summed E-state index contributed by atoms with van der Waals surface area (Å²) in [5.74, 6) is 0. The Kier molecular flexibility index (Phi) is 0. The fourth-order valence-electron chi connectivity index (χ4n) is 0. The van der Waals surface area contributed by atoms with Crippen molar-refractivity contribution in [1.82, 2.24) is 0 Å². The molecule has 0 fully saturated rings. The molecule has 0 aliphatic heterocycles. The summed E-state index contributed by atoms with van der Waals surface area (Å²) in [6, 6.07) is 0. The summed E-state index contributed by atoms with van der Waals surface area (Å²) in [7, 11) is 0. The van der Waals surface area contributed by atoms with E-state index in [1.807, 2.05) is 0 Å². The van der Waals surface area contributed by atoms with Gasteiger partial charge in [0.2, 0.25) is 0 Å². The van der Waals surface area contributed by atoms with Crippen LogP contribution in [-0.4, -0.2) is 0 Å². The van der Waals surface area contributed by atoms with Gasteiger partial charge in [-0.15, -0.1) is 0 Å². The van der Waals surface area contributed by atoms with Crippen LogP contribution >= 0.6 is 0 Å². The van der Waals surface area contributed by atoms with E-state index in [1.165, 1.54) is 0 Å². The first-order chi connectivity index (χ1) is 2.41. The van der Waals surface area contributed by atoms with Gasteiger partial charge < -0.3 is 0 Å². The van der Waals surface area contributed by atoms with Crippen LogP contribution in [0.2, 0.25) is 0 Å². The van der Waals surface area contributed by atoms with E-state index in [1.54, 1.807) is 4.75 Å². The number of rotatable bonds is 0. The lowest BCUT2D eigenvalue weighted by atomic mass is 14.8.